The van der Waals surface area contributed by atoms with Crippen LogP contribution in [0.25, 0.3) is 0 Å². The molecule has 1 unspecified atom stereocenters. The summed E-state index contributed by atoms with van der Waals surface area (Å²) in [5.74, 6) is 0.567. The van der Waals surface area contributed by atoms with Gasteiger partial charge in [0.25, 0.3) is 0 Å². The number of hydroxylamine groups is 1. The Morgan fingerprint density at radius 2 is 2.33 bits per heavy atom. The number of nitrogens with one attached hydrogen (secondary N) is 1. The molecule has 1 aliphatic rings. The van der Waals surface area contributed by atoms with Gasteiger partial charge >= 0.3 is 0 Å². The van der Waals surface area contributed by atoms with Crippen LogP contribution in [0.5, 0.6) is 0 Å². The van der Waals surface area contributed by atoms with Gasteiger partial charge in [0.15, 0.2) is 0 Å². The lowest BCUT2D eigenvalue weighted by Crippen LogP contribution is -2.26. The summed E-state index contributed by atoms with van der Waals surface area (Å²) < 4.78 is 5.07. The molecule has 1 atom stereocenters. The molecule has 84 valence electrons. The van der Waals surface area contributed by atoms with E-state index in [0.717, 1.165) is 12.8 Å². The normalized spacial score (nSPS) is 19.5. The second-order valence-electron chi connectivity index (χ2n) is 3.90. The highest BCUT2D eigenvalue weighted by atomic mass is 16.7. The van der Waals surface area contributed by atoms with Crippen molar-refractivity contribution >= 4 is 0 Å². The first-order valence-corrected chi connectivity index (χ1v) is 5.46. The van der Waals surface area contributed by atoms with Crippen molar-refractivity contribution in [3.05, 3.63) is 24.2 Å². The van der Waals surface area contributed by atoms with Gasteiger partial charge in [0.1, 0.15) is 11.9 Å². The summed E-state index contributed by atoms with van der Waals surface area (Å²) >= 11 is 0. The zero-order valence-electron chi connectivity index (χ0n) is 8.69. The predicted octanol–water partition coefficient (Wildman–Crippen LogP) is 1.78. The summed E-state index contributed by atoms with van der Waals surface area (Å²) in [5.41, 5.74) is 2.81. The zero-order chi connectivity index (χ0) is 10.5. The van der Waals surface area contributed by atoms with Crippen LogP contribution < -0.4 is 5.48 Å². The van der Waals surface area contributed by atoms with Gasteiger partial charge in [-0.1, -0.05) is 12.8 Å². The van der Waals surface area contributed by atoms with E-state index in [1.807, 2.05) is 0 Å². The molecule has 0 spiro atoms. The Balaban J connectivity index is 1.65. The van der Waals surface area contributed by atoms with E-state index in [2.05, 4.69) is 5.48 Å². The van der Waals surface area contributed by atoms with Gasteiger partial charge in [-0.05, 0) is 25.0 Å². The van der Waals surface area contributed by atoms with Gasteiger partial charge in [0.2, 0.25) is 0 Å². The molecule has 1 aliphatic carbocycles. The standard InChI is InChI=1S/C11H17NO3/c13-10(11-6-3-7-14-11)8-12-15-9-4-1-2-5-9/h3,6-7,9-10,12-13H,1-2,4-5,8H2. The van der Waals surface area contributed by atoms with E-state index in [0.29, 0.717) is 18.4 Å². The number of aliphatic hydroxyl groups is 1. The van der Waals surface area contributed by atoms with E-state index in [4.69, 9.17) is 9.25 Å². The Bertz CT molecular complexity index is 267. The Labute approximate surface area is 89.2 Å². The highest BCUT2D eigenvalue weighted by Crippen LogP contribution is 2.20. The molecule has 4 nitrogen and oxygen atoms in total. The molecule has 0 amide bonds. The third-order valence-corrected chi connectivity index (χ3v) is 2.70. The SMILES string of the molecule is OC(CNOC1CCCC1)c1ccco1. The van der Waals surface area contributed by atoms with Crippen molar-refractivity contribution in [3.8, 4) is 0 Å². The number of aliphatic hydroxyl groups excluding tert-OH is 1. The summed E-state index contributed by atoms with van der Waals surface area (Å²) in [6.45, 7) is 0.365. The van der Waals surface area contributed by atoms with Crippen molar-refractivity contribution in [1.82, 2.24) is 5.48 Å². The Morgan fingerprint density at radius 1 is 1.53 bits per heavy atom. The summed E-state index contributed by atoms with van der Waals surface area (Å²) in [7, 11) is 0. The van der Waals surface area contributed by atoms with Crippen LogP contribution in [0.3, 0.4) is 0 Å². The first-order valence-electron chi connectivity index (χ1n) is 5.46. The summed E-state index contributed by atoms with van der Waals surface area (Å²) in [6.07, 6.45) is 5.94. The summed E-state index contributed by atoms with van der Waals surface area (Å²) in [5, 5.41) is 9.65. The fourth-order valence-corrected chi connectivity index (χ4v) is 1.83. The van der Waals surface area contributed by atoms with Crippen molar-refractivity contribution in [2.45, 2.75) is 37.9 Å². The van der Waals surface area contributed by atoms with E-state index in [9.17, 15) is 5.11 Å². The van der Waals surface area contributed by atoms with Gasteiger partial charge in [-0.15, -0.1) is 0 Å². The van der Waals surface area contributed by atoms with Crippen LogP contribution in [0.4, 0.5) is 0 Å². The lowest BCUT2D eigenvalue weighted by Gasteiger charge is -2.13. The Hall–Kier alpha value is -0.840. The van der Waals surface area contributed by atoms with Gasteiger partial charge in [0, 0.05) is 0 Å². The summed E-state index contributed by atoms with van der Waals surface area (Å²) in [4.78, 5) is 5.42. The topological polar surface area (TPSA) is 54.6 Å². The average molecular weight is 211 g/mol. The Kier molecular flexibility index (Phi) is 3.77. The maximum absolute atomic E-state index is 9.65. The van der Waals surface area contributed by atoms with Crippen LogP contribution in [0.15, 0.2) is 22.8 Å². The highest BCUT2D eigenvalue weighted by molar-refractivity contribution is 5.01. The average Bonchev–Trinajstić information content (AvgIpc) is 2.90. The molecule has 0 bridgehead atoms. The number of furan rings is 1. The molecule has 1 fully saturated rings. The van der Waals surface area contributed by atoms with Gasteiger partial charge in [-0.3, -0.25) is 4.84 Å². The van der Waals surface area contributed by atoms with E-state index in [-0.39, 0.29) is 0 Å². The van der Waals surface area contributed by atoms with E-state index < -0.39 is 6.10 Å². The van der Waals surface area contributed by atoms with E-state index in [1.165, 1.54) is 12.8 Å². The molecule has 1 aromatic rings. The quantitative estimate of drug-likeness (QED) is 0.729. The minimum absolute atomic E-state index is 0.314. The number of hydrogen-bond acceptors (Lipinski definition) is 4. The van der Waals surface area contributed by atoms with Crippen LogP contribution >= 0.6 is 0 Å². The monoisotopic (exact) mass is 211 g/mol. The minimum atomic E-state index is -0.638. The maximum atomic E-state index is 9.65. The second kappa shape index (κ2) is 5.30. The van der Waals surface area contributed by atoms with E-state index >= 15 is 0 Å². The van der Waals surface area contributed by atoms with Gasteiger partial charge < -0.3 is 9.52 Å². The first kappa shape index (κ1) is 10.7. The van der Waals surface area contributed by atoms with Crippen molar-refractivity contribution in [1.29, 1.82) is 0 Å². The molecular weight excluding hydrogens is 194 g/mol. The van der Waals surface area contributed by atoms with Crippen LogP contribution in [0.2, 0.25) is 0 Å². The molecule has 0 aliphatic heterocycles. The summed E-state index contributed by atoms with van der Waals surface area (Å²) in [6, 6.07) is 3.51. The molecule has 0 aromatic carbocycles. The maximum Gasteiger partial charge on any atom is 0.133 e. The first-order chi connectivity index (χ1) is 7.36. The zero-order valence-corrected chi connectivity index (χ0v) is 8.69. The molecule has 1 heterocycles. The second-order valence-corrected chi connectivity index (χ2v) is 3.90. The Morgan fingerprint density at radius 3 is 3.00 bits per heavy atom. The van der Waals surface area contributed by atoms with Crippen molar-refractivity contribution in [2.24, 2.45) is 0 Å². The lowest BCUT2D eigenvalue weighted by atomic mass is 10.3. The van der Waals surface area contributed by atoms with Gasteiger partial charge in [0.05, 0.1) is 18.9 Å². The molecule has 2 rings (SSSR count). The van der Waals surface area contributed by atoms with Crippen LogP contribution in [-0.4, -0.2) is 17.8 Å². The van der Waals surface area contributed by atoms with Crippen molar-refractivity contribution < 1.29 is 14.4 Å². The number of hydrogen-bond donors (Lipinski definition) is 2. The highest BCUT2D eigenvalue weighted by Gasteiger charge is 2.16. The van der Waals surface area contributed by atoms with Crippen molar-refractivity contribution in [3.63, 3.8) is 0 Å². The van der Waals surface area contributed by atoms with Crippen LogP contribution in [0, 0.1) is 0 Å². The van der Waals surface area contributed by atoms with E-state index in [1.54, 1.807) is 18.4 Å². The third-order valence-electron chi connectivity index (χ3n) is 2.70. The smallest absolute Gasteiger partial charge is 0.133 e. The van der Waals surface area contributed by atoms with Gasteiger partial charge in [-0.25, -0.2) is 0 Å². The molecule has 1 saturated carbocycles. The third kappa shape index (κ3) is 3.06. The van der Waals surface area contributed by atoms with Gasteiger partial charge in [-0.2, -0.15) is 5.48 Å². The molecular formula is C11H17NO3. The molecule has 15 heavy (non-hydrogen) atoms. The van der Waals surface area contributed by atoms with Crippen LogP contribution in [-0.2, 0) is 4.84 Å². The lowest BCUT2D eigenvalue weighted by molar-refractivity contribution is -0.0395. The molecule has 1 aromatic heterocycles. The molecule has 0 radical (unpaired) electrons. The fraction of sp³-hybridized carbons (Fsp3) is 0.636. The molecule has 4 heteroatoms. The largest absolute Gasteiger partial charge is 0.467 e. The fourth-order valence-electron chi connectivity index (χ4n) is 1.83. The van der Waals surface area contributed by atoms with Crippen LogP contribution in [0.1, 0.15) is 37.5 Å². The molecule has 0 saturated heterocycles. The minimum Gasteiger partial charge on any atom is -0.467 e. The number of rotatable bonds is 5. The predicted molar refractivity (Wildman–Crippen MR) is 55.0 cm³/mol. The van der Waals surface area contributed by atoms with Crippen molar-refractivity contribution in [2.75, 3.05) is 6.54 Å². The molecule has 2 N–H and O–H groups in total.